The normalized spacial score (nSPS) is 11.7. The molecule has 0 amide bonds. The summed E-state index contributed by atoms with van der Waals surface area (Å²) in [5.74, 6) is 0.137. The first-order chi connectivity index (χ1) is 15.0. The predicted octanol–water partition coefficient (Wildman–Crippen LogP) is 5.31. The first kappa shape index (κ1) is 18.7. The number of fused-ring (bicyclic) bond motifs is 2. The van der Waals surface area contributed by atoms with Gasteiger partial charge in [0.1, 0.15) is 0 Å². The lowest BCUT2D eigenvalue weighted by molar-refractivity contribution is 0.436. The smallest absolute Gasteiger partial charge is 0.267 e. The van der Waals surface area contributed by atoms with Gasteiger partial charge in [-0.05, 0) is 43.3 Å². The van der Waals surface area contributed by atoms with E-state index in [0.717, 1.165) is 16.5 Å². The van der Waals surface area contributed by atoms with Gasteiger partial charge in [-0.3, -0.25) is 4.79 Å². The van der Waals surface area contributed by atoms with Crippen LogP contribution in [0.15, 0.2) is 87.8 Å². The van der Waals surface area contributed by atoms with E-state index in [2.05, 4.69) is 15.2 Å². The molecule has 0 aliphatic heterocycles. The minimum absolute atomic E-state index is 0.00116. The van der Waals surface area contributed by atoms with Crippen LogP contribution in [-0.2, 0) is 7.05 Å². The van der Waals surface area contributed by atoms with Gasteiger partial charge in [-0.25, -0.2) is 9.55 Å². The number of nitrogens with zero attached hydrogens (tertiary/aromatic N) is 5. The number of rotatable bonds is 3. The second kappa shape index (κ2) is 7.21. The van der Waals surface area contributed by atoms with Crippen molar-refractivity contribution in [3.63, 3.8) is 0 Å². The quantitative estimate of drug-likeness (QED) is 0.410. The molecule has 0 spiro atoms. The lowest BCUT2D eigenvalue weighted by atomic mass is 10.1. The lowest BCUT2D eigenvalue weighted by Gasteiger charge is -2.09. The summed E-state index contributed by atoms with van der Waals surface area (Å²) in [6.45, 7) is 1.97. The third-order valence-electron chi connectivity index (χ3n) is 5.31. The van der Waals surface area contributed by atoms with Crippen LogP contribution in [0.1, 0.15) is 5.56 Å². The second-order valence-corrected chi connectivity index (χ2v) is 7.36. The van der Waals surface area contributed by atoms with Crippen molar-refractivity contribution in [1.29, 1.82) is 0 Å². The summed E-state index contributed by atoms with van der Waals surface area (Å²) in [6, 6.07) is 22.2. The summed E-state index contributed by atoms with van der Waals surface area (Å²) in [7, 11) is 1.76. The van der Waals surface area contributed by atoms with Crippen molar-refractivity contribution in [1.82, 2.24) is 14.1 Å². The fourth-order valence-corrected chi connectivity index (χ4v) is 3.72. The van der Waals surface area contributed by atoms with Crippen molar-refractivity contribution in [3.8, 4) is 11.6 Å². The molecule has 2 heterocycles. The molecule has 0 saturated heterocycles. The average Bonchev–Trinajstić information content (AvgIpc) is 3.02. The van der Waals surface area contributed by atoms with Crippen molar-refractivity contribution < 1.29 is 5.11 Å². The predicted molar refractivity (Wildman–Crippen MR) is 121 cm³/mol. The Morgan fingerprint density at radius 3 is 2.45 bits per heavy atom. The van der Waals surface area contributed by atoms with Gasteiger partial charge in [-0.15, -0.1) is 10.2 Å². The molecule has 31 heavy (non-hydrogen) atoms. The number of azo groups is 1. The molecule has 0 radical (unpaired) electrons. The number of aromatic nitrogens is 3. The highest BCUT2D eigenvalue weighted by atomic mass is 16.3. The van der Waals surface area contributed by atoms with E-state index in [9.17, 15) is 9.90 Å². The van der Waals surface area contributed by atoms with Crippen LogP contribution in [-0.4, -0.2) is 19.2 Å². The zero-order valence-electron chi connectivity index (χ0n) is 17.0. The highest BCUT2D eigenvalue weighted by Crippen LogP contribution is 2.39. The number of aromatic hydroxyl groups is 1. The molecule has 7 nitrogen and oxygen atoms in total. The maximum absolute atomic E-state index is 13.3. The van der Waals surface area contributed by atoms with Gasteiger partial charge in [0.05, 0.1) is 22.1 Å². The zero-order valence-corrected chi connectivity index (χ0v) is 17.0. The summed E-state index contributed by atoms with van der Waals surface area (Å²) in [4.78, 5) is 17.8. The van der Waals surface area contributed by atoms with Gasteiger partial charge in [0.15, 0.2) is 5.69 Å². The Balaban J connectivity index is 1.76. The van der Waals surface area contributed by atoms with E-state index in [1.54, 1.807) is 29.8 Å². The van der Waals surface area contributed by atoms with Gasteiger partial charge in [-0.1, -0.05) is 42.0 Å². The molecule has 7 heteroatoms. The largest absolute Gasteiger partial charge is 0.493 e. The number of aryl methyl sites for hydroxylation is 2. The molecule has 2 aromatic heterocycles. The highest BCUT2D eigenvalue weighted by molar-refractivity contribution is 5.95. The maximum atomic E-state index is 13.3. The fraction of sp³-hybridized carbons (Fsp3) is 0.0833. The molecule has 0 fully saturated rings. The minimum Gasteiger partial charge on any atom is -0.493 e. The molecule has 152 valence electrons. The summed E-state index contributed by atoms with van der Waals surface area (Å²) in [6.07, 6.45) is 0. The Bertz CT molecular complexity index is 1530. The van der Waals surface area contributed by atoms with Crippen LogP contribution in [0.3, 0.4) is 0 Å². The van der Waals surface area contributed by atoms with Crippen LogP contribution in [0.25, 0.3) is 27.5 Å². The molecular weight excluding hydrogens is 390 g/mol. The van der Waals surface area contributed by atoms with Gasteiger partial charge in [0.2, 0.25) is 5.88 Å². The zero-order chi connectivity index (χ0) is 21.5. The molecule has 0 aliphatic carbocycles. The van der Waals surface area contributed by atoms with E-state index in [-0.39, 0.29) is 17.4 Å². The molecule has 5 aromatic rings. The number of para-hydroxylation sites is 2. The van der Waals surface area contributed by atoms with Crippen molar-refractivity contribution in [2.75, 3.05) is 0 Å². The average molecular weight is 409 g/mol. The summed E-state index contributed by atoms with van der Waals surface area (Å²) in [5, 5.41) is 20.5. The Morgan fingerprint density at radius 1 is 0.903 bits per heavy atom. The van der Waals surface area contributed by atoms with Gasteiger partial charge in [0, 0.05) is 12.4 Å². The van der Waals surface area contributed by atoms with Crippen LogP contribution in [0.4, 0.5) is 11.6 Å². The third-order valence-corrected chi connectivity index (χ3v) is 5.31. The van der Waals surface area contributed by atoms with E-state index in [4.69, 9.17) is 0 Å². The molecule has 0 bridgehead atoms. The second-order valence-electron chi connectivity index (χ2n) is 7.36. The Hall–Kier alpha value is -4.26. The van der Waals surface area contributed by atoms with E-state index >= 15 is 0 Å². The molecular formula is C24H19N5O2. The van der Waals surface area contributed by atoms with Crippen LogP contribution in [0.5, 0.6) is 5.88 Å². The van der Waals surface area contributed by atoms with E-state index in [1.807, 2.05) is 61.5 Å². The molecule has 0 saturated carbocycles. The van der Waals surface area contributed by atoms with Crippen molar-refractivity contribution in [2.24, 2.45) is 17.3 Å². The van der Waals surface area contributed by atoms with Gasteiger partial charge in [-0.2, -0.15) is 0 Å². The van der Waals surface area contributed by atoms with Gasteiger partial charge < -0.3 is 9.67 Å². The first-order valence-electron chi connectivity index (χ1n) is 9.81. The van der Waals surface area contributed by atoms with Gasteiger partial charge in [0.25, 0.3) is 11.5 Å². The summed E-state index contributed by atoms with van der Waals surface area (Å²) in [5.41, 5.74) is 3.15. The van der Waals surface area contributed by atoms with Crippen LogP contribution >= 0.6 is 0 Å². The minimum atomic E-state index is -0.233. The molecule has 0 unspecified atom stereocenters. The monoisotopic (exact) mass is 409 g/mol. The molecule has 0 atom stereocenters. The third kappa shape index (κ3) is 3.07. The maximum Gasteiger partial charge on any atom is 0.267 e. The lowest BCUT2D eigenvalue weighted by Crippen LogP contribution is -2.19. The standard InChI is InChI=1S/C24H19N5O2/c1-15-12-13-20-18(14-15)21(23(31)28(20)2)26-27-24-25-19-11-7-6-10-17(19)22(30)29(24)16-8-4-3-5-9-16/h3-14,31H,1-2H3. The van der Waals surface area contributed by atoms with Crippen LogP contribution in [0, 0.1) is 6.92 Å². The topological polar surface area (TPSA) is 84.8 Å². The Kier molecular flexibility index (Phi) is 4.36. The molecule has 5 rings (SSSR count). The number of benzene rings is 3. The van der Waals surface area contributed by atoms with Crippen molar-refractivity contribution in [2.45, 2.75) is 6.92 Å². The van der Waals surface area contributed by atoms with Crippen molar-refractivity contribution >= 4 is 33.4 Å². The Labute approximate surface area is 177 Å². The van der Waals surface area contributed by atoms with E-state index in [1.165, 1.54) is 4.57 Å². The first-order valence-corrected chi connectivity index (χ1v) is 9.81. The number of hydrogen-bond acceptors (Lipinski definition) is 5. The Morgan fingerprint density at radius 2 is 1.65 bits per heavy atom. The van der Waals surface area contributed by atoms with Gasteiger partial charge >= 0.3 is 0 Å². The molecule has 1 N–H and O–H groups in total. The number of hydrogen-bond donors (Lipinski definition) is 1. The van der Waals surface area contributed by atoms with E-state index < -0.39 is 0 Å². The summed E-state index contributed by atoms with van der Waals surface area (Å²) >= 11 is 0. The van der Waals surface area contributed by atoms with Crippen LogP contribution < -0.4 is 5.56 Å². The molecule has 3 aromatic carbocycles. The highest BCUT2D eigenvalue weighted by Gasteiger charge is 2.16. The summed E-state index contributed by atoms with van der Waals surface area (Å²) < 4.78 is 3.08. The molecule has 0 aliphatic rings. The fourth-order valence-electron chi connectivity index (χ4n) is 3.72. The van der Waals surface area contributed by atoms with Crippen LogP contribution in [0.2, 0.25) is 0 Å². The van der Waals surface area contributed by atoms with E-state index in [0.29, 0.717) is 22.3 Å². The van der Waals surface area contributed by atoms with Crippen molar-refractivity contribution in [3.05, 3.63) is 88.7 Å². The SMILES string of the molecule is Cc1ccc2c(c1)c(N=Nc1nc3ccccc3c(=O)n1-c1ccccc1)c(O)n2C.